The maximum Gasteiger partial charge on any atom is 0.150 e. The molecule has 0 saturated carbocycles. The fourth-order valence-electron chi connectivity index (χ4n) is 1.42. The van der Waals surface area contributed by atoms with Crippen molar-refractivity contribution in [2.24, 2.45) is 11.7 Å². The molecule has 66 valence electrons. The van der Waals surface area contributed by atoms with Crippen LogP contribution in [0, 0.1) is 5.92 Å². The molecule has 11 heavy (non-hydrogen) atoms. The van der Waals surface area contributed by atoms with Crippen molar-refractivity contribution < 1.29 is 8.42 Å². The van der Waals surface area contributed by atoms with E-state index in [1.165, 1.54) is 0 Å². The van der Waals surface area contributed by atoms with Crippen molar-refractivity contribution in [2.75, 3.05) is 18.1 Å². The highest BCUT2D eigenvalue weighted by Crippen LogP contribution is 2.17. The average Bonchev–Trinajstić information content (AvgIpc) is 2.10. The van der Waals surface area contributed by atoms with E-state index in [1.54, 1.807) is 0 Å². The van der Waals surface area contributed by atoms with E-state index in [2.05, 4.69) is 0 Å². The molecule has 0 aromatic rings. The second kappa shape index (κ2) is 3.54. The van der Waals surface area contributed by atoms with E-state index in [-0.39, 0.29) is 0 Å². The lowest BCUT2D eigenvalue weighted by Crippen LogP contribution is -2.15. The fraction of sp³-hybridized carbons (Fsp3) is 1.00. The van der Waals surface area contributed by atoms with Crippen LogP contribution in [0.25, 0.3) is 0 Å². The number of hydrogen-bond acceptors (Lipinski definition) is 3. The molecule has 1 aliphatic heterocycles. The lowest BCUT2D eigenvalue weighted by molar-refractivity contribution is 0.487. The Morgan fingerprint density at radius 2 is 2.00 bits per heavy atom. The van der Waals surface area contributed by atoms with Crippen LogP contribution in [-0.4, -0.2) is 26.5 Å². The van der Waals surface area contributed by atoms with Crippen LogP contribution in [0.4, 0.5) is 0 Å². The van der Waals surface area contributed by atoms with Gasteiger partial charge in [-0.05, 0) is 31.7 Å². The van der Waals surface area contributed by atoms with Gasteiger partial charge in [0, 0.05) is 0 Å². The number of rotatable bonds is 1. The van der Waals surface area contributed by atoms with E-state index >= 15 is 0 Å². The fourth-order valence-corrected chi connectivity index (χ4v) is 2.92. The predicted molar refractivity (Wildman–Crippen MR) is 45.0 cm³/mol. The first kappa shape index (κ1) is 9.00. The van der Waals surface area contributed by atoms with Crippen LogP contribution >= 0.6 is 0 Å². The third-order valence-electron chi connectivity index (χ3n) is 2.24. The lowest BCUT2D eigenvalue weighted by atomic mass is 10.0. The summed E-state index contributed by atoms with van der Waals surface area (Å²) in [6.45, 7) is 0.634. The van der Waals surface area contributed by atoms with Gasteiger partial charge in [0.15, 0.2) is 0 Å². The smallest absolute Gasteiger partial charge is 0.150 e. The van der Waals surface area contributed by atoms with Gasteiger partial charge >= 0.3 is 0 Å². The minimum absolute atomic E-state index is 0.342. The Balaban J connectivity index is 2.53. The Kier molecular flexibility index (Phi) is 2.90. The van der Waals surface area contributed by atoms with Crippen LogP contribution in [0.5, 0.6) is 0 Å². The van der Waals surface area contributed by atoms with Crippen LogP contribution in [0.3, 0.4) is 0 Å². The second-order valence-electron chi connectivity index (χ2n) is 3.18. The molecule has 0 bridgehead atoms. The SMILES string of the molecule is NCC1CCCS(=O)(=O)CC1. The van der Waals surface area contributed by atoms with Crippen LogP contribution < -0.4 is 5.73 Å². The maximum atomic E-state index is 11.1. The highest BCUT2D eigenvalue weighted by atomic mass is 32.2. The van der Waals surface area contributed by atoms with E-state index < -0.39 is 9.84 Å². The summed E-state index contributed by atoms with van der Waals surface area (Å²) in [5.74, 6) is 1.14. The van der Waals surface area contributed by atoms with Crippen molar-refractivity contribution in [1.82, 2.24) is 0 Å². The molecule has 0 radical (unpaired) electrons. The van der Waals surface area contributed by atoms with E-state index in [0.717, 1.165) is 19.3 Å². The monoisotopic (exact) mass is 177 g/mol. The van der Waals surface area contributed by atoms with Gasteiger partial charge in [0.25, 0.3) is 0 Å². The molecule has 1 fully saturated rings. The van der Waals surface area contributed by atoms with Crippen molar-refractivity contribution >= 4 is 9.84 Å². The summed E-state index contributed by atoms with van der Waals surface area (Å²) in [6, 6.07) is 0. The number of nitrogens with two attached hydrogens (primary N) is 1. The minimum atomic E-state index is -2.72. The highest BCUT2D eigenvalue weighted by molar-refractivity contribution is 7.91. The summed E-state index contributed by atoms with van der Waals surface area (Å²) in [6.07, 6.45) is 2.54. The summed E-state index contributed by atoms with van der Waals surface area (Å²) in [7, 11) is -2.72. The molecule has 1 rings (SSSR count). The molecule has 0 aromatic heterocycles. The Bertz CT molecular complexity index is 210. The average molecular weight is 177 g/mol. The summed E-state index contributed by atoms with van der Waals surface area (Å²) in [5, 5.41) is 0. The first-order valence-corrected chi connectivity index (χ1v) is 5.87. The molecule has 1 unspecified atom stereocenters. The van der Waals surface area contributed by atoms with Crippen LogP contribution in [0.1, 0.15) is 19.3 Å². The zero-order valence-electron chi connectivity index (χ0n) is 6.62. The Labute approximate surface area is 67.9 Å². The van der Waals surface area contributed by atoms with Crippen molar-refractivity contribution in [3.8, 4) is 0 Å². The van der Waals surface area contributed by atoms with Gasteiger partial charge in [0.05, 0.1) is 11.5 Å². The van der Waals surface area contributed by atoms with Gasteiger partial charge in [0.2, 0.25) is 0 Å². The van der Waals surface area contributed by atoms with Crippen molar-refractivity contribution in [3.05, 3.63) is 0 Å². The third kappa shape index (κ3) is 2.79. The molecule has 1 aliphatic rings. The molecule has 0 spiro atoms. The zero-order valence-corrected chi connectivity index (χ0v) is 7.44. The number of sulfone groups is 1. The van der Waals surface area contributed by atoms with Gasteiger partial charge in [-0.15, -0.1) is 0 Å². The topological polar surface area (TPSA) is 60.2 Å². The quantitative estimate of drug-likeness (QED) is 0.620. The molecule has 4 heteroatoms. The summed E-state index contributed by atoms with van der Waals surface area (Å²) < 4.78 is 22.2. The zero-order chi connectivity index (χ0) is 8.32. The van der Waals surface area contributed by atoms with Crippen molar-refractivity contribution in [2.45, 2.75) is 19.3 Å². The van der Waals surface area contributed by atoms with Gasteiger partial charge in [-0.25, -0.2) is 8.42 Å². The Morgan fingerprint density at radius 1 is 1.27 bits per heavy atom. The van der Waals surface area contributed by atoms with Crippen molar-refractivity contribution in [1.29, 1.82) is 0 Å². The Hall–Kier alpha value is -0.0900. The first-order chi connectivity index (χ1) is 5.14. The molecule has 0 amide bonds. The normalized spacial score (nSPS) is 31.2. The third-order valence-corrected chi connectivity index (χ3v) is 4.01. The van der Waals surface area contributed by atoms with E-state index in [0.29, 0.717) is 24.0 Å². The lowest BCUT2D eigenvalue weighted by Gasteiger charge is -2.07. The Morgan fingerprint density at radius 3 is 2.64 bits per heavy atom. The summed E-state index contributed by atoms with van der Waals surface area (Å²) in [4.78, 5) is 0. The summed E-state index contributed by atoms with van der Waals surface area (Å²) >= 11 is 0. The molecule has 2 N–H and O–H groups in total. The largest absolute Gasteiger partial charge is 0.330 e. The van der Waals surface area contributed by atoms with Crippen LogP contribution in [0.2, 0.25) is 0 Å². The second-order valence-corrected chi connectivity index (χ2v) is 5.49. The maximum absolute atomic E-state index is 11.1. The van der Waals surface area contributed by atoms with Gasteiger partial charge in [-0.3, -0.25) is 0 Å². The first-order valence-electron chi connectivity index (χ1n) is 4.04. The van der Waals surface area contributed by atoms with E-state index in [1.807, 2.05) is 0 Å². The van der Waals surface area contributed by atoms with Gasteiger partial charge in [0.1, 0.15) is 9.84 Å². The molecule has 3 nitrogen and oxygen atoms in total. The standard InChI is InChI=1S/C7H15NO2S/c8-6-7-2-1-4-11(9,10)5-3-7/h7H,1-6,8H2. The summed E-state index contributed by atoms with van der Waals surface area (Å²) in [5.41, 5.74) is 5.47. The van der Waals surface area contributed by atoms with Crippen molar-refractivity contribution in [3.63, 3.8) is 0 Å². The molecule has 0 aliphatic carbocycles. The van der Waals surface area contributed by atoms with E-state index in [9.17, 15) is 8.42 Å². The van der Waals surface area contributed by atoms with Crippen LogP contribution in [-0.2, 0) is 9.84 Å². The number of hydrogen-bond donors (Lipinski definition) is 1. The van der Waals surface area contributed by atoms with Gasteiger partial charge in [-0.2, -0.15) is 0 Å². The molecule has 0 aromatic carbocycles. The molecular formula is C7H15NO2S. The molecular weight excluding hydrogens is 162 g/mol. The van der Waals surface area contributed by atoms with Crippen LogP contribution in [0.15, 0.2) is 0 Å². The van der Waals surface area contributed by atoms with Gasteiger partial charge in [-0.1, -0.05) is 0 Å². The predicted octanol–water partition coefficient (Wildman–Crippen LogP) is 0.160. The molecule has 1 heterocycles. The highest BCUT2D eigenvalue weighted by Gasteiger charge is 2.19. The van der Waals surface area contributed by atoms with E-state index in [4.69, 9.17) is 5.73 Å². The minimum Gasteiger partial charge on any atom is -0.330 e. The molecule has 1 atom stereocenters. The van der Waals surface area contributed by atoms with Gasteiger partial charge < -0.3 is 5.73 Å². The molecule has 1 saturated heterocycles.